The summed E-state index contributed by atoms with van der Waals surface area (Å²) in [4.78, 5) is 32.5. The van der Waals surface area contributed by atoms with Gasteiger partial charge >= 0.3 is 0 Å². The van der Waals surface area contributed by atoms with Crippen LogP contribution in [-0.4, -0.2) is 60.5 Å². The third kappa shape index (κ3) is 3.89. The molecule has 2 aromatic heterocycles. The number of amides is 2. The molecular weight excluding hydrogens is 432 g/mol. The van der Waals surface area contributed by atoms with E-state index in [-0.39, 0.29) is 11.8 Å². The van der Waals surface area contributed by atoms with Crippen LogP contribution in [0.2, 0.25) is 0 Å². The fraction of sp³-hybridized carbons (Fsp3) is 0.440. The fourth-order valence-corrected chi connectivity index (χ4v) is 5.62. The van der Waals surface area contributed by atoms with Crippen molar-refractivity contribution in [2.24, 2.45) is 0 Å². The van der Waals surface area contributed by atoms with Crippen molar-refractivity contribution in [3.63, 3.8) is 0 Å². The van der Waals surface area contributed by atoms with Crippen molar-refractivity contribution in [2.75, 3.05) is 13.1 Å². The van der Waals surface area contributed by atoms with Crippen LogP contribution in [0.5, 0.6) is 0 Å². The maximum Gasteiger partial charge on any atom is 0.244 e. The molecule has 2 N–H and O–H groups in total. The Balaban J connectivity index is 1.09. The smallest absolute Gasteiger partial charge is 0.244 e. The van der Waals surface area contributed by atoms with Gasteiger partial charge in [0.1, 0.15) is 6.23 Å². The van der Waals surface area contributed by atoms with Gasteiger partial charge in [-0.15, -0.1) is 0 Å². The second kappa shape index (κ2) is 8.57. The number of piperidine rings is 2. The lowest BCUT2D eigenvalue weighted by molar-refractivity contribution is -0.141. The molecule has 9 nitrogen and oxygen atoms in total. The first kappa shape index (κ1) is 21.4. The molecule has 2 saturated heterocycles. The Hall–Kier alpha value is -3.14. The lowest BCUT2D eigenvalue weighted by Crippen LogP contribution is -2.51. The Morgan fingerprint density at radius 3 is 2.79 bits per heavy atom. The molecule has 6 rings (SSSR count). The zero-order valence-corrected chi connectivity index (χ0v) is 18.9. The molecule has 176 valence electrons. The number of carbonyl (C=O) groups excluding carboxylic acids is 2. The number of likely N-dealkylation sites (tertiary alicyclic amines) is 1. The molecule has 3 aliphatic rings. The highest BCUT2D eigenvalue weighted by Gasteiger charge is 2.40. The van der Waals surface area contributed by atoms with Crippen molar-refractivity contribution in [3.05, 3.63) is 65.1 Å². The molecule has 0 spiro atoms. The van der Waals surface area contributed by atoms with Crippen LogP contribution >= 0.6 is 0 Å². The number of nitrogens with zero attached hydrogens (tertiary/aromatic N) is 5. The third-order valence-electron chi connectivity index (χ3n) is 7.49. The van der Waals surface area contributed by atoms with Crippen LogP contribution in [0.25, 0.3) is 5.65 Å². The number of benzene rings is 1. The number of aliphatic hydroxyl groups excluding tert-OH is 1. The highest BCUT2D eigenvalue weighted by molar-refractivity contribution is 6.00. The Kier molecular flexibility index (Phi) is 5.40. The number of fused-ring (bicyclic) bond motifs is 2. The molecule has 1 aromatic carbocycles. The summed E-state index contributed by atoms with van der Waals surface area (Å²) in [5.74, 6) is -0.0630. The summed E-state index contributed by atoms with van der Waals surface area (Å²) in [5.41, 5.74) is 5.27. The quantitative estimate of drug-likeness (QED) is 0.572. The Morgan fingerprint density at radius 2 is 1.97 bits per heavy atom. The largest absolute Gasteiger partial charge is 0.374 e. The minimum absolute atomic E-state index is 0.237. The lowest BCUT2D eigenvalue weighted by atomic mass is 9.87. The molecule has 3 aromatic rings. The van der Waals surface area contributed by atoms with E-state index in [0.717, 1.165) is 54.8 Å². The summed E-state index contributed by atoms with van der Waals surface area (Å²) >= 11 is 0. The number of rotatable bonds is 4. The predicted octanol–water partition coefficient (Wildman–Crippen LogP) is 1.72. The molecule has 0 saturated carbocycles. The molecular formula is C25H28N6O3. The van der Waals surface area contributed by atoms with Gasteiger partial charge in [0.05, 0.1) is 12.2 Å². The molecule has 2 unspecified atom stereocenters. The predicted molar refractivity (Wildman–Crippen MR) is 123 cm³/mol. The zero-order chi connectivity index (χ0) is 23.2. The van der Waals surface area contributed by atoms with Gasteiger partial charge in [0.2, 0.25) is 11.8 Å². The number of carbonyl (C=O) groups is 2. The zero-order valence-electron chi connectivity index (χ0n) is 18.9. The van der Waals surface area contributed by atoms with E-state index in [1.807, 2.05) is 27.7 Å². The summed E-state index contributed by atoms with van der Waals surface area (Å²) in [5, 5.41) is 17.5. The SMILES string of the molecule is O=C1CCC(N2Cc3cc(C4CCN(Cc5cnc6ccnn6c5)CC4)ccc3C2O)C(=O)N1. The van der Waals surface area contributed by atoms with E-state index < -0.39 is 12.3 Å². The van der Waals surface area contributed by atoms with E-state index in [0.29, 0.717) is 25.3 Å². The van der Waals surface area contributed by atoms with Crippen LogP contribution in [0.15, 0.2) is 42.9 Å². The van der Waals surface area contributed by atoms with Crippen LogP contribution in [0.4, 0.5) is 0 Å². The van der Waals surface area contributed by atoms with Gasteiger partial charge in [-0.3, -0.25) is 24.7 Å². The van der Waals surface area contributed by atoms with Crippen molar-refractivity contribution < 1.29 is 14.7 Å². The molecule has 2 fully saturated rings. The van der Waals surface area contributed by atoms with Gasteiger partial charge in [-0.05, 0) is 55.0 Å². The van der Waals surface area contributed by atoms with Gasteiger partial charge in [-0.2, -0.15) is 5.10 Å². The van der Waals surface area contributed by atoms with Crippen LogP contribution < -0.4 is 5.32 Å². The average Bonchev–Trinajstić information content (AvgIpc) is 3.43. The molecule has 2 amide bonds. The Labute approximate surface area is 197 Å². The normalized spacial score (nSPS) is 24.5. The number of nitrogens with one attached hydrogen (secondary N) is 1. The average molecular weight is 461 g/mol. The van der Waals surface area contributed by atoms with Gasteiger partial charge in [0, 0.05) is 43.5 Å². The molecule has 0 bridgehead atoms. The van der Waals surface area contributed by atoms with Gasteiger partial charge in [-0.1, -0.05) is 18.2 Å². The van der Waals surface area contributed by atoms with Crippen molar-refractivity contribution >= 4 is 17.5 Å². The van der Waals surface area contributed by atoms with E-state index >= 15 is 0 Å². The van der Waals surface area contributed by atoms with E-state index in [4.69, 9.17) is 0 Å². The minimum atomic E-state index is -0.810. The number of aromatic nitrogens is 3. The molecule has 5 heterocycles. The van der Waals surface area contributed by atoms with Gasteiger partial charge in [0.15, 0.2) is 5.65 Å². The first-order chi connectivity index (χ1) is 16.5. The Bertz CT molecular complexity index is 1250. The van der Waals surface area contributed by atoms with Crippen molar-refractivity contribution in [1.82, 2.24) is 29.7 Å². The van der Waals surface area contributed by atoms with Gasteiger partial charge < -0.3 is 5.11 Å². The van der Waals surface area contributed by atoms with Crippen molar-refractivity contribution in [3.8, 4) is 0 Å². The minimum Gasteiger partial charge on any atom is -0.374 e. The van der Waals surface area contributed by atoms with Gasteiger partial charge in [-0.25, -0.2) is 9.50 Å². The van der Waals surface area contributed by atoms with Crippen LogP contribution in [-0.2, 0) is 22.7 Å². The number of imide groups is 1. The van der Waals surface area contributed by atoms with Gasteiger partial charge in [0.25, 0.3) is 0 Å². The molecule has 9 heteroatoms. The molecule has 2 atom stereocenters. The standard InChI is InChI=1S/C25H28N6O3/c32-23-4-3-21(24(33)28-23)30-15-19-11-18(1-2-20(19)25(30)34)17-6-9-29(10-7-17)13-16-12-26-22-5-8-27-31(22)14-16/h1-2,5,8,11-12,14,17,21,25,34H,3-4,6-7,9-10,13,15H2,(H,28,32,33). The summed E-state index contributed by atoms with van der Waals surface area (Å²) < 4.78 is 1.82. The monoisotopic (exact) mass is 460 g/mol. The molecule has 34 heavy (non-hydrogen) atoms. The maximum atomic E-state index is 12.3. The summed E-state index contributed by atoms with van der Waals surface area (Å²) in [6, 6.07) is 7.78. The second-order valence-corrected chi connectivity index (χ2v) is 9.62. The van der Waals surface area contributed by atoms with E-state index in [1.54, 1.807) is 6.20 Å². The van der Waals surface area contributed by atoms with E-state index in [1.165, 1.54) is 5.56 Å². The van der Waals surface area contributed by atoms with Crippen LogP contribution in [0.3, 0.4) is 0 Å². The third-order valence-corrected chi connectivity index (χ3v) is 7.49. The van der Waals surface area contributed by atoms with E-state index in [9.17, 15) is 14.7 Å². The molecule has 0 radical (unpaired) electrons. The summed E-state index contributed by atoms with van der Waals surface area (Å²) in [7, 11) is 0. The molecule has 3 aliphatic heterocycles. The highest BCUT2D eigenvalue weighted by atomic mass is 16.3. The topological polar surface area (TPSA) is 103 Å². The van der Waals surface area contributed by atoms with Crippen molar-refractivity contribution in [2.45, 2.75) is 57.0 Å². The molecule has 0 aliphatic carbocycles. The maximum absolute atomic E-state index is 12.3. The second-order valence-electron chi connectivity index (χ2n) is 9.62. The van der Waals surface area contributed by atoms with Crippen LogP contribution in [0.1, 0.15) is 60.1 Å². The first-order valence-corrected chi connectivity index (χ1v) is 12.0. The lowest BCUT2D eigenvalue weighted by Gasteiger charge is -2.32. The van der Waals surface area contributed by atoms with E-state index in [2.05, 4.69) is 38.6 Å². The number of hydrogen-bond donors (Lipinski definition) is 2. The van der Waals surface area contributed by atoms with Crippen molar-refractivity contribution in [1.29, 1.82) is 0 Å². The number of aliphatic hydroxyl groups is 1. The van der Waals surface area contributed by atoms with Crippen LogP contribution in [0, 0.1) is 0 Å². The summed E-state index contributed by atoms with van der Waals surface area (Å²) in [6.45, 7) is 3.43. The number of hydrogen-bond acceptors (Lipinski definition) is 7. The highest BCUT2D eigenvalue weighted by Crippen LogP contribution is 2.38. The first-order valence-electron chi connectivity index (χ1n) is 12.0. The fourth-order valence-electron chi connectivity index (χ4n) is 5.62. The summed E-state index contributed by atoms with van der Waals surface area (Å²) in [6.07, 6.45) is 7.85. The Morgan fingerprint density at radius 1 is 1.12 bits per heavy atom.